The number of thioether (sulfide) groups is 1. The summed E-state index contributed by atoms with van der Waals surface area (Å²) in [7, 11) is 0. The number of aromatic nitrogens is 1. The molecule has 0 radical (unpaired) electrons. The number of hydrogen-bond acceptors (Lipinski definition) is 3. The molecular formula is C17H22N2S. The van der Waals surface area contributed by atoms with Crippen molar-refractivity contribution < 1.29 is 0 Å². The van der Waals surface area contributed by atoms with Crippen LogP contribution in [-0.2, 0) is 0 Å². The molecule has 2 unspecified atom stereocenters. The van der Waals surface area contributed by atoms with Gasteiger partial charge in [0, 0.05) is 22.9 Å². The Morgan fingerprint density at radius 3 is 3.00 bits per heavy atom. The van der Waals surface area contributed by atoms with Gasteiger partial charge in [-0.2, -0.15) is 11.8 Å². The molecule has 1 aliphatic rings. The van der Waals surface area contributed by atoms with Crippen LogP contribution in [0.15, 0.2) is 36.5 Å². The quantitative estimate of drug-likeness (QED) is 0.913. The standard InChI is InChI=1S/C17H22N2S/c1-2-18-17(15-10-3-4-12-20-15)14-9-5-7-13-8-6-11-19-16(13)14/h5-9,11,15,17-18H,2-4,10,12H2,1H3. The summed E-state index contributed by atoms with van der Waals surface area (Å²) >= 11 is 2.12. The summed E-state index contributed by atoms with van der Waals surface area (Å²) in [4.78, 5) is 4.63. The molecule has 0 spiro atoms. The molecule has 2 atom stereocenters. The average molecular weight is 286 g/mol. The first-order valence-corrected chi connectivity index (χ1v) is 8.63. The molecule has 2 nitrogen and oxygen atoms in total. The van der Waals surface area contributed by atoms with Gasteiger partial charge in [0.15, 0.2) is 0 Å². The summed E-state index contributed by atoms with van der Waals surface area (Å²) in [6.45, 7) is 3.20. The van der Waals surface area contributed by atoms with Gasteiger partial charge in [-0.05, 0) is 36.8 Å². The van der Waals surface area contributed by atoms with Gasteiger partial charge in [0.1, 0.15) is 0 Å². The first kappa shape index (κ1) is 13.9. The molecule has 1 N–H and O–H groups in total. The van der Waals surface area contributed by atoms with Crippen molar-refractivity contribution in [3.63, 3.8) is 0 Å². The summed E-state index contributed by atoms with van der Waals surface area (Å²) in [5.41, 5.74) is 2.52. The van der Waals surface area contributed by atoms with E-state index in [2.05, 4.69) is 53.3 Å². The fourth-order valence-corrected chi connectivity index (χ4v) is 4.51. The van der Waals surface area contributed by atoms with Crippen molar-refractivity contribution >= 4 is 22.7 Å². The lowest BCUT2D eigenvalue weighted by Gasteiger charge is -2.31. The topological polar surface area (TPSA) is 24.9 Å². The lowest BCUT2D eigenvalue weighted by molar-refractivity contribution is 0.493. The Morgan fingerprint density at radius 1 is 1.30 bits per heavy atom. The Morgan fingerprint density at radius 2 is 2.20 bits per heavy atom. The highest BCUT2D eigenvalue weighted by atomic mass is 32.2. The second-order valence-corrected chi connectivity index (χ2v) is 6.71. The molecule has 20 heavy (non-hydrogen) atoms. The highest BCUT2D eigenvalue weighted by Crippen LogP contribution is 2.36. The molecule has 1 saturated heterocycles. The Bertz CT molecular complexity index is 558. The molecule has 106 valence electrons. The third kappa shape index (κ3) is 2.84. The zero-order valence-electron chi connectivity index (χ0n) is 12.0. The fourth-order valence-electron chi connectivity index (χ4n) is 3.07. The van der Waals surface area contributed by atoms with Crippen molar-refractivity contribution in [1.82, 2.24) is 10.3 Å². The van der Waals surface area contributed by atoms with E-state index < -0.39 is 0 Å². The molecule has 0 saturated carbocycles. The van der Waals surface area contributed by atoms with E-state index in [4.69, 9.17) is 0 Å². The number of para-hydroxylation sites is 1. The molecule has 0 bridgehead atoms. The van der Waals surface area contributed by atoms with E-state index in [1.165, 1.54) is 36.0 Å². The largest absolute Gasteiger partial charge is 0.309 e. The minimum absolute atomic E-state index is 0.420. The maximum absolute atomic E-state index is 4.63. The summed E-state index contributed by atoms with van der Waals surface area (Å²) in [5, 5.41) is 5.62. The normalized spacial score (nSPS) is 20.9. The molecule has 1 aliphatic heterocycles. The van der Waals surface area contributed by atoms with E-state index in [0.29, 0.717) is 11.3 Å². The van der Waals surface area contributed by atoms with Crippen LogP contribution in [0.1, 0.15) is 37.8 Å². The van der Waals surface area contributed by atoms with E-state index in [1.807, 2.05) is 12.3 Å². The average Bonchev–Trinajstić information content (AvgIpc) is 2.53. The molecule has 2 aromatic rings. The van der Waals surface area contributed by atoms with Gasteiger partial charge >= 0.3 is 0 Å². The molecule has 0 amide bonds. The Hall–Kier alpha value is -1.06. The smallest absolute Gasteiger partial charge is 0.0750 e. The van der Waals surface area contributed by atoms with Gasteiger partial charge in [-0.3, -0.25) is 4.98 Å². The summed E-state index contributed by atoms with van der Waals surface area (Å²) in [6, 6.07) is 11.2. The Kier molecular flexibility index (Phi) is 4.58. The SMILES string of the molecule is CCNC(c1cccc2cccnc12)C1CCCCS1. The predicted molar refractivity (Wildman–Crippen MR) is 88.3 cm³/mol. The molecule has 1 aromatic carbocycles. The number of nitrogens with zero attached hydrogens (tertiary/aromatic N) is 1. The van der Waals surface area contributed by atoms with Crippen LogP contribution in [0.3, 0.4) is 0 Å². The molecule has 1 fully saturated rings. The number of hydrogen-bond donors (Lipinski definition) is 1. The van der Waals surface area contributed by atoms with Crippen molar-refractivity contribution in [3.8, 4) is 0 Å². The van der Waals surface area contributed by atoms with Crippen LogP contribution in [0.25, 0.3) is 10.9 Å². The summed E-state index contributed by atoms with van der Waals surface area (Å²) < 4.78 is 0. The van der Waals surface area contributed by atoms with Crippen LogP contribution in [-0.4, -0.2) is 22.5 Å². The van der Waals surface area contributed by atoms with Crippen molar-refractivity contribution in [3.05, 3.63) is 42.1 Å². The number of nitrogens with one attached hydrogen (secondary N) is 1. The number of fused-ring (bicyclic) bond motifs is 1. The number of pyridine rings is 1. The second kappa shape index (κ2) is 6.59. The number of benzene rings is 1. The third-order valence-electron chi connectivity index (χ3n) is 4.01. The van der Waals surface area contributed by atoms with Crippen LogP contribution in [0.2, 0.25) is 0 Å². The zero-order valence-corrected chi connectivity index (χ0v) is 12.8. The Balaban J connectivity index is 2.00. The summed E-state index contributed by atoms with van der Waals surface area (Å²) in [5.74, 6) is 1.30. The van der Waals surface area contributed by atoms with Crippen LogP contribution in [0, 0.1) is 0 Å². The molecule has 0 aliphatic carbocycles. The monoisotopic (exact) mass is 286 g/mol. The zero-order chi connectivity index (χ0) is 13.8. The van der Waals surface area contributed by atoms with Crippen molar-refractivity contribution in [2.75, 3.05) is 12.3 Å². The van der Waals surface area contributed by atoms with Gasteiger partial charge in [0.2, 0.25) is 0 Å². The molecular weight excluding hydrogens is 264 g/mol. The van der Waals surface area contributed by atoms with Crippen LogP contribution < -0.4 is 5.32 Å². The van der Waals surface area contributed by atoms with Crippen LogP contribution in [0.5, 0.6) is 0 Å². The maximum atomic E-state index is 4.63. The van der Waals surface area contributed by atoms with Crippen LogP contribution >= 0.6 is 11.8 Å². The predicted octanol–water partition coefficient (Wildman–Crippen LogP) is 4.17. The lowest BCUT2D eigenvalue weighted by Crippen LogP contribution is -2.32. The highest BCUT2D eigenvalue weighted by Gasteiger charge is 2.26. The van der Waals surface area contributed by atoms with Gasteiger partial charge in [0.05, 0.1) is 5.52 Å². The minimum Gasteiger partial charge on any atom is -0.309 e. The lowest BCUT2D eigenvalue weighted by atomic mass is 9.97. The van der Waals surface area contributed by atoms with Gasteiger partial charge in [-0.15, -0.1) is 0 Å². The molecule has 3 heteroatoms. The minimum atomic E-state index is 0.420. The second-order valence-electron chi connectivity index (χ2n) is 5.36. The summed E-state index contributed by atoms with van der Waals surface area (Å²) in [6.07, 6.45) is 5.94. The van der Waals surface area contributed by atoms with E-state index in [9.17, 15) is 0 Å². The molecule has 2 heterocycles. The van der Waals surface area contributed by atoms with Crippen LogP contribution in [0.4, 0.5) is 0 Å². The molecule has 1 aromatic heterocycles. The molecule has 3 rings (SSSR count). The first-order chi connectivity index (χ1) is 9.90. The number of rotatable bonds is 4. The van der Waals surface area contributed by atoms with Gasteiger partial charge in [-0.1, -0.05) is 37.6 Å². The van der Waals surface area contributed by atoms with Gasteiger partial charge in [-0.25, -0.2) is 0 Å². The van der Waals surface area contributed by atoms with E-state index in [0.717, 1.165) is 12.1 Å². The van der Waals surface area contributed by atoms with Gasteiger partial charge < -0.3 is 5.32 Å². The van der Waals surface area contributed by atoms with Crippen molar-refractivity contribution in [2.45, 2.75) is 37.5 Å². The van der Waals surface area contributed by atoms with E-state index in [-0.39, 0.29) is 0 Å². The van der Waals surface area contributed by atoms with Crippen molar-refractivity contribution in [2.24, 2.45) is 0 Å². The van der Waals surface area contributed by atoms with E-state index >= 15 is 0 Å². The van der Waals surface area contributed by atoms with Gasteiger partial charge in [0.25, 0.3) is 0 Å². The van der Waals surface area contributed by atoms with Crippen molar-refractivity contribution in [1.29, 1.82) is 0 Å². The van der Waals surface area contributed by atoms with E-state index in [1.54, 1.807) is 0 Å². The Labute approximate surface area is 125 Å². The fraction of sp³-hybridized carbons (Fsp3) is 0.471. The highest BCUT2D eigenvalue weighted by molar-refractivity contribution is 8.00. The third-order valence-corrected chi connectivity index (χ3v) is 5.47. The first-order valence-electron chi connectivity index (χ1n) is 7.59. The maximum Gasteiger partial charge on any atom is 0.0750 e.